The average molecular weight is 282 g/mol. The number of carboxylic acids is 1. The second kappa shape index (κ2) is 6.31. The minimum absolute atomic E-state index is 0.124. The molecular formula is C13H15FN2O4. The molecule has 1 saturated carbocycles. The molecule has 0 spiro atoms. The van der Waals surface area contributed by atoms with Gasteiger partial charge in [-0.2, -0.15) is 0 Å². The van der Waals surface area contributed by atoms with E-state index in [4.69, 9.17) is 9.84 Å². The number of hydrogen-bond donors (Lipinski definition) is 2. The summed E-state index contributed by atoms with van der Waals surface area (Å²) in [5.41, 5.74) is 0.189. The van der Waals surface area contributed by atoms with E-state index in [1.54, 1.807) is 0 Å². The fraction of sp³-hybridized carbons (Fsp3) is 0.462. The molecule has 1 fully saturated rings. The summed E-state index contributed by atoms with van der Waals surface area (Å²) in [6, 6.07) is 1.29. The van der Waals surface area contributed by atoms with Gasteiger partial charge in [0.2, 0.25) is 5.88 Å². The Bertz CT molecular complexity index is 505. The van der Waals surface area contributed by atoms with E-state index in [9.17, 15) is 14.0 Å². The Labute approximate surface area is 115 Å². The maximum absolute atomic E-state index is 12.5. The molecule has 1 atom stereocenters. The molecule has 1 aliphatic rings. The van der Waals surface area contributed by atoms with Crippen LogP contribution in [0.4, 0.5) is 4.39 Å². The lowest BCUT2D eigenvalue weighted by molar-refractivity contribution is -0.139. The lowest BCUT2D eigenvalue weighted by atomic mass is 9.96. The summed E-state index contributed by atoms with van der Waals surface area (Å²) < 4.78 is 18.0. The van der Waals surface area contributed by atoms with Gasteiger partial charge in [0, 0.05) is 17.8 Å². The molecular weight excluding hydrogens is 267 g/mol. The molecule has 1 heterocycles. The van der Waals surface area contributed by atoms with Gasteiger partial charge in [0.05, 0.1) is 0 Å². The molecule has 1 unspecified atom stereocenters. The molecule has 0 saturated heterocycles. The monoisotopic (exact) mass is 282 g/mol. The molecule has 1 amide bonds. The Hall–Kier alpha value is -2.18. The molecule has 7 heteroatoms. The number of nitrogens with zero attached hydrogens (tertiary/aromatic N) is 1. The van der Waals surface area contributed by atoms with Crippen molar-refractivity contribution in [3.63, 3.8) is 0 Å². The topological polar surface area (TPSA) is 88.5 Å². The fourth-order valence-electron chi connectivity index (χ4n) is 1.68. The summed E-state index contributed by atoms with van der Waals surface area (Å²) >= 11 is 0. The first-order valence-electron chi connectivity index (χ1n) is 6.32. The van der Waals surface area contributed by atoms with Crippen LogP contribution < -0.4 is 10.1 Å². The number of pyridine rings is 1. The number of rotatable bonds is 6. The van der Waals surface area contributed by atoms with Crippen molar-refractivity contribution in [1.29, 1.82) is 0 Å². The Kier molecular flexibility index (Phi) is 4.49. The van der Waals surface area contributed by atoms with Crippen LogP contribution in [0, 0.1) is 0 Å². The number of aromatic nitrogens is 1. The van der Waals surface area contributed by atoms with Gasteiger partial charge in [0.15, 0.2) is 6.04 Å². The predicted octanol–water partition coefficient (Wildman–Crippen LogP) is 1.17. The van der Waals surface area contributed by atoms with Crippen molar-refractivity contribution < 1.29 is 23.8 Å². The van der Waals surface area contributed by atoms with Crippen LogP contribution in [0.15, 0.2) is 18.3 Å². The molecule has 20 heavy (non-hydrogen) atoms. The number of carbonyl (C=O) groups excluding carboxylic acids is 1. The van der Waals surface area contributed by atoms with Crippen molar-refractivity contribution in [2.24, 2.45) is 0 Å². The highest BCUT2D eigenvalue weighted by Gasteiger charge is 2.22. The first-order valence-corrected chi connectivity index (χ1v) is 6.32. The normalized spacial score (nSPS) is 16.1. The molecule has 1 aromatic heterocycles. The summed E-state index contributed by atoms with van der Waals surface area (Å²) in [4.78, 5) is 26.5. The molecule has 0 bridgehead atoms. The van der Waals surface area contributed by atoms with E-state index in [0.717, 1.165) is 19.3 Å². The lowest BCUT2D eigenvalue weighted by Crippen LogP contribution is -2.42. The predicted molar refractivity (Wildman–Crippen MR) is 67.4 cm³/mol. The van der Waals surface area contributed by atoms with E-state index in [-0.39, 0.29) is 11.7 Å². The third kappa shape index (κ3) is 3.43. The van der Waals surface area contributed by atoms with Crippen molar-refractivity contribution in [3.8, 4) is 5.88 Å². The van der Waals surface area contributed by atoms with Gasteiger partial charge >= 0.3 is 5.97 Å². The van der Waals surface area contributed by atoms with Crippen LogP contribution in [0.5, 0.6) is 5.88 Å². The Morgan fingerprint density at radius 2 is 2.30 bits per heavy atom. The number of carboxylic acid groups (broad SMARTS) is 1. The van der Waals surface area contributed by atoms with Gasteiger partial charge in [-0.15, -0.1) is 0 Å². The first-order chi connectivity index (χ1) is 9.60. The van der Waals surface area contributed by atoms with Crippen LogP contribution in [0.1, 0.15) is 29.6 Å². The molecule has 2 N–H and O–H groups in total. The summed E-state index contributed by atoms with van der Waals surface area (Å²) in [6.07, 6.45) is 4.55. The Morgan fingerprint density at radius 3 is 2.85 bits per heavy atom. The minimum Gasteiger partial charge on any atom is -0.480 e. The largest absolute Gasteiger partial charge is 0.480 e. The van der Waals surface area contributed by atoms with E-state index in [2.05, 4.69) is 10.3 Å². The zero-order chi connectivity index (χ0) is 14.5. The maximum atomic E-state index is 12.5. The lowest BCUT2D eigenvalue weighted by Gasteiger charge is -2.25. The highest BCUT2D eigenvalue weighted by molar-refractivity contribution is 5.96. The van der Waals surface area contributed by atoms with Crippen LogP contribution in [-0.2, 0) is 4.79 Å². The van der Waals surface area contributed by atoms with Crippen molar-refractivity contribution in [2.75, 3.05) is 6.67 Å². The Morgan fingerprint density at radius 1 is 1.55 bits per heavy atom. The number of nitrogens with one attached hydrogen (secondary N) is 1. The van der Waals surface area contributed by atoms with E-state index in [0.29, 0.717) is 5.88 Å². The van der Waals surface area contributed by atoms with Gasteiger partial charge in [0.1, 0.15) is 12.8 Å². The number of hydrogen-bond acceptors (Lipinski definition) is 4. The molecule has 0 radical (unpaired) electrons. The van der Waals surface area contributed by atoms with Crippen molar-refractivity contribution in [3.05, 3.63) is 23.9 Å². The van der Waals surface area contributed by atoms with E-state index in [1.807, 2.05) is 0 Å². The second-order valence-electron chi connectivity index (χ2n) is 4.57. The quantitative estimate of drug-likeness (QED) is 0.817. The number of carbonyl (C=O) groups is 2. The highest BCUT2D eigenvalue weighted by atomic mass is 19.1. The van der Waals surface area contributed by atoms with Crippen LogP contribution >= 0.6 is 0 Å². The van der Waals surface area contributed by atoms with Crippen LogP contribution in [0.25, 0.3) is 0 Å². The number of alkyl halides is 1. The smallest absolute Gasteiger partial charge is 0.328 e. The molecule has 2 rings (SSSR count). The summed E-state index contributed by atoms with van der Waals surface area (Å²) in [7, 11) is 0. The van der Waals surface area contributed by atoms with Crippen LogP contribution in [-0.4, -0.2) is 40.8 Å². The van der Waals surface area contributed by atoms with E-state index in [1.165, 1.54) is 18.3 Å². The number of ether oxygens (including phenoxy) is 1. The third-order valence-corrected chi connectivity index (χ3v) is 3.09. The highest BCUT2D eigenvalue weighted by Crippen LogP contribution is 2.24. The number of amides is 1. The SMILES string of the molecule is O=C(NC(CF)C(=O)O)c1ccnc(OC2CCC2)c1. The van der Waals surface area contributed by atoms with Gasteiger partial charge in [-0.25, -0.2) is 14.2 Å². The first kappa shape index (κ1) is 14.2. The van der Waals surface area contributed by atoms with Crippen molar-refractivity contribution in [2.45, 2.75) is 31.4 Å². The number of halogens is 1. The third-order valence-electron chi connectivity index (χ3n) is 3.09. The minimum atomic E-state index is -1.55. The van der Waals surface area contributed by atoms with Gasteiger partial charge in [-0.3, -0.25) is 4.79 Å². The molecule has 1 aliphatic carbocycles. The standard InChI is InChI=1S/C13H15FN2O4/c14-7-10(13(18)19)16-12(17)8-4-5-15-11(6-8)20-9-2-1-3-9/h4-6,9-10H,1-3,7H2,(H,16,17)(H,18,19). The van der Waals surface area contributed by atoms with Gasteiger partial charge in [0.25, 0.3) is 5.91 Å². The van der Waals surface area contributed by atoms with Crippen LogP contribution in [0.2, 0.25) is 0 Å². The van der Waals surface area contributed by atoms with Crippen molar-refractivity contribution >= 4 is 11.9 Å². The van der Waals surface area contributed by atoms with Crippen LogP contribution in [0.3, 0.4) is 0 Å². The zero-order valence-corrected chi connectivity index (χ0v) is 10.7. The average Bonchev–Trinajstić information content (AvgIpc) is 2.40. The van der Waals surface area contributed by atoms with Gasteiger partial charge in [-0.1, -0.05) is 0 Å². The Balaban J connectivity index is 2.01. The molecule has 0 aromatic carbocycles. The maximum Gasteiger partial charge on any atom is 0.328 e. The molecule has 108 valence electrons. The number of aliphatic carboxylic acids is 1. The summed E-state index contributed by atoms with van der Waals surface area (Å²) in [6.45, 7) is -1.17. The summed E-state index contributed by atoms with van der Waals surface area (Å²) in [5, 5.41) is 10.8. The second-order valence-corrected chi connectivity index (χ2v) is 4.57. The summed E-state index contributed by atoms with van der Waals surface area (Å²) in [5.74, 6) is -1.77. The molecule has 0 aliphatic heterocycles. The van der Waals surface area contributed by atoms with E-state index < -0.39 is 24.6 Å². The zero-order valence-electron chi connectivity index (χ0n) is 10.7. The van der Waals surface area contributed by atoms with E-state index >= 15 is 0 Å². The molecule has 6 nitrogen and oxygen atoms in total. The fourth-order valence-corrected chi connectivity index (χ4v) is 1.68. The van der Waals surface area contributed by atoms with Crippen molar-refractivity contribution in [1.82, 2.24) is 10.3 Å². The van der Waals surface area contributed by atoms with Gasteiger partial charge < -0.3 is 15.2 Å². The van der Waals surface area contributed by atoms with Gasteiger partial charge in [-0.05, 0) is 25.3 Å². The molecule has 1 aromatic rings.